The molecule has 1 N–H and O–H groups in total. The maximum Gasteiger partial charge on any atom is 0.326 e. The zero-order valence-electron chi connectivity index (χ0n) is 13.9. The highest BCUT2D eigenvalue weighted by atomic mass is 19.1. The molecule has 1 amide bonds. The molecular weight excluding hydrogens is 323 g/mol. The standard InChI is InChI=1S/C19H19FN2O3/c1-10(19(24)25)22(13-5-6-13)18(23)15-9-17(11-2-3-11)21-16-7-4-12(20)8-14(15)16/h4,7-11,13H,2-3,5-6H2,1H3,(H,24,25). The molecule has 0 radical (unpaired) electrons. The summed E-state index contributed by atoms with van der Waals surface area (Å²) in [6.07, 6.45) is 3.67. The SMILES string of the molecule is CC(C(=O)O)N(C(=O)c1cc(C2CC2)nc2ccc(F)cc12)C1CC1. The third kappa shape index (κ3) is 2.97. The van der Waals surface area contributed by atoms with Crippen LogP contribution in [0, 0.1) is 5.82 Å². The van der Waals surface area contributed by atoms with E-state index in [4.69, 9.17) is 0 Å². The van der Waals surface area contributed by atoms with Crippen molar-refractivity contribution in [3.05, 3.63) is 41.3 Å². The summed E-state index contributed by atoms with van der Waals surface area (Å²) in [5.41, 5.74) is 1.76. The number of halogens is 1. The number of carboxylic acid groups (broad SMARTS) is 1. The first-order valence-electron chi connectivity index (χ1n) is 8.61. The van der Waals surface area contributed by atoms with Gasteiger partial charge in [0.05, 0.1) is 11.1 Å². The minimum absolute atomic E-state index is 0.0558. The first-order valence-corrected chi connectivity index (χ1v) is 8.61. The summed E-state index contributed by atoms with van der Waals surface area (Å²) in [4.78, 5) is 30.6. The lowest BCUT2D eigenvalue weighted by atomic mass is 10.0. The van der Waals surface area contributed by atoms with E-state index in [-0.39, 0.29) is 11.9 Å². The molecule has 1 heterocycles. The van der Waals surface area contributed by atoms with Gasteiger partial charge < -0.3 is 10.0 Å². The van der Waals surface area contributed by atoms with Crippen molar-refractivity contribution >= 4 is 22.8 Å². The number of rotatable bonds is 5. The molecule has 130 valence electrons. The Morgan fingerprint density at radius 3 is 2.56 bits per heavy atom. The van der Waals surface area contributed by atoms with Crippen molar-refractivity contribution in [3.63, 3.8) is 0 Å². The van der Waals surface area contributed by atoms with E-state index < -0.39 is 17.8 Å². The first-order chi connectivity index (χ1) is 12.0. The number of pyridine rings is 1. The Bertz CT molecular complexity index is 874. The van der Waals surface area contributed by atoms with Gasteiger partial charge in [0, 0.05) is 23.0 Å². The average molecular weight is 342 g/mol. The van der Waals surface area contributed by atoms with Crippen LogP contribution >= 0.6 is 0 Å². The predicted octanol–water partition coefficient (Wildman–Crippen LogP) is 3.33. The van der Waals surface area contributed by atoms with Crippen LogP contribution in [0.5, 0.6) is 0 Å². The highest BCUT2D eigenvalue weighted by Gasteiger charge is 2.39. The number of carbonyl (C=O) groups excluding carboxylic acids is 1. The molecule has 0 aliphatic heterocycles. The number of carbonyl (C=O) groups is 2. The number of carboxylic acids is 1. The molecule has 2 aliphatic rings. The molecular formula is C19H19FN2O3. The van der Waals surface area contributed by atoms with E-state index in [2.05, 4.69) is 4.98 Å². The van der Waals surface area contributed by atoms with Crippen LogP contribution in [0.4, 0.5) is 4.39 Å². The van der Waals surface area contributed by atoms with Gasteiger partial charge in [0.2, 0.25) is 0 Å². The molecule has 1 unspecified atom stereocenters. The molecule has 6 heteroatoms. The Balaban J connectivity index is 1.84. The molecule has 2 aromatic rings. The van der Waals surface area contributed by atoms with Gasteiger partial charge in [-0.3, -0.25) is 9.78 Å². The number of benzene rings is 1. The first kappa shape index (κ1) is 16.0. The topological polar surface area (TPSA) is 70.5 Å². The van der Waals surface area contributed by atoms with Crippen molar-refractivity contribution in [2.45, 2.75) is 50.6 Å². The van der Waals surface area contributed by atoms with Crippen LogP contribution in [0.1, 0.15) is 54.6 Å². The number of fused-ring (bicyclic) bond motifs is 1. The van der Waals surface area contributed by atoms with E-state index in [0.29, 0.717) is 22.4 Å². The van der Waals surface area contributed by atoms with Gasteiger partial charge in [-0.15, -0.1) is 0 Å². The lowest BCUT2D eigenvalue weighted by Gasteiger charge is -2.27. The van der Waals surface area contributed by atoms with Gasteiger partial charge in [0.15, 0.2) is 0 Å². The molecule has 2 aliphatic carbocycles. The molecule has 2 fully saturated rings. The normalized spacial score (nSPS) is 18.2. The lowest BCUT2D eigenvalue weighted by Crippen LogP contribution is -2.44. The fourth-order valence-corrected chi connectivity index (χ4v) is 3.25. The smallest absolute Gasteiger partial charge is 0.326 e. The van der Waals surface area contributed by atoms with Crippen LogP contribution in [0.3, 0.4) is 0 Å². The van der Waals surface area contributed by atoms with Gasteiger partial charge >= 0.3 is 5.97 Å². The Labute approximate surface area is 144 Å². The zero-order chi connectivity index (χ0) is 17.7. The molecule has 4 rings (SSSR count). The van der Waals surface area contributed by atoms with Gasteiger partial charge in [0.25, 0.3) is 5.91 Å². The number of hydrogen-bond acceptors (Lipinski definition) is 3. The maximum absolute atomic E-state index is 13.8. The third-order valence-electron chi connectivity index (χ3n) is 4.97. The highest BCUT2D eigenvalue weighted by molar-refractivity contribution is 6.07. The minimum atomic E-state index is -1.03. The summed E-state index contributed by atoms with van der Waals surface area (Å²) in [7, 11) is 0. The van der Waals surface area contributed by atoms with Crippen molar-refractivity contribution in [1.29, 1.82) is 0 Å². The molecule has 2 saturated carbocycles. The molecule has 1 aromatic carbocycles. The van der Waals surface area contributed by atoms with Gasteiger partial charge in [-0.2, -0.15) is 0 Å². The number of hydrogen-bond donors (Lipinski definition) is 1. The van der Waals surface area contributed by atoms with Crippen LogP contribution in [-0.2, 0) is 4.79 Å². The largest absolute Gasteiger partial charge is 0.480 e. The third-order valence-corrected chi connectivity index (χ3v) is 4.97. The summed E-state index contributed by atoms with van der Waals surface area (Å²) in [6.45, 7) is 1.52. The zero-order valence-corrected chi connectivity index (χ0v) is 13.9. The Morgan fingerprint density at radius 2 is 1.96 bits per heavy atom. The van der Waals surface area contributed by atoms with E-state index in [0.717, 1.165) is 31.4 Å². The van der Waals surface area contributed by atoms with Gasteiger partial charge in [-0.1, -0.05) is 0 Å². The van der Waals surface area contributed by atoms with Crippen LogP contribution in [0.2, 0.25) is 0 Å². The number of aliphatic carboxylic acids is 1. The number of amides is 1. The van der Waals surface area contributed by atoms with Crippen LogP contribution < -0.4 is 0 Å². The van der Waals surface area contributed by atoms with Gasteiger partial charge in [0.1, 0.15) is 11.9 Å². The van der Waals surface area contributed by atoms with Crippen molar-refractivity contribution < 1.29 is 19.1 Å². The fraction of sp³-hybridized carbons (Fsp3) is 0.421. The average Bonchev–Trinajstić information content (AvgIpc) is 3.46. The van der Waals surface area contributed by atoms with E-state index in [1.165, 1.54) is 24.0 Å². The summed E-state index contributed by atoms with van der Waals surface area (Å²) in [5, 5.41) is 9.81. The van der Waals surface area contributed by atoms with Crippen molar-refractivity contribution in [3.8, 4) is 0 Å². The van der Waals surface area contributed by atoms with E-state index >= 15 is 0 Å². The summed E-state index contributed by atoms with van der Waals surface area (Å²) < 4.78 is 13.8. The second kappa shape index (κ2) is 5.79. The molecule has 0 bridgehead atoms. The lowest BCUT2D eigenvalue weighted by molar-refractivity contribution is -0.141. The number of aromatic nitrogens is 1. The Hall–Kier alpha value is -2.50. The second-order valence-corrected chi connectivity index (χ2v) is 6.99. The van der Waals surface area contributed by atoms with Gasteiger partial charge in [-0.25, -0.2) is 9.18 Å². The van der Waals surface area contributed by atoms with Crippen LogP contribution in [0.25, 0.3) is 10.9 Å². The Kier molecular flexibility index (Phi) is 3.71. The fourth-order valence-electron chi connectivity index (χ4n) is 3.25. The minimum Gasteiger partial charge on any atom is -0.480 e. The van der Waals surface area contributed by atoms with Crippen molar-refractivity contribution in [1.82, 2.24) is 9.88 Å². The van der Waals surface area contributed by atoms with E-state index in [1.807, 2.05) is 0 Å². The molecule has 5 nitrogen and oxygen atoms in total. The molecule has 0 saturated heterocycles. The predicted molar refractivity (Wildman–Crippen MR) is 90.0 cm³/mol. The molecule has 1 atom stereocenters. The highest BCUT2D eigenvalue weighted by Crippen LogP contribution is 2.41. The Morgan fingerprint density at radius 1 is 1.24 bits per heavy atom. The summed E-state index contributed by atoms with van der Waals surface area (Å²) in [6, 6.07) is 4.98. The monoisotopic (exact) mass is 342 g/mol. The molecule has 1 aromatic heterocycles. The van der Waals surface area contributed by atoms with Crippen LogP contribution in [-0.4, -0.2) is 39.0 Å². The van der Waals surface area contributed by atoms with Crippen molar-refractivity contribution in [2.75, 3.05) is 0 Å². The maximum atomic E-state index is 13.8. The number of nitrogens with zero attached hydrogens (tertiary/aromatic N) is 2. The summed E-state index contributed by atoms with van der Waals surface area (Å²) in [5.74, 6) is -1.48. The summed E-state index contributed by atoms with van der Waals surface area (Å²) >= 11 is 0. The van der Waals surface area contributed by atoms with E-state index in [9.17, 15) is 19.1 Å². The van der Waals surface area contributed by atoms with Crippen LogP contribution in [0.15, 0.2) is 24.3 Å². The van der Waals surface area contributed by atoms with Crippen molar-refractivity contribution in [2.24, 2.45) is 0 Å². The van der Waals surface area contributed by atoms with Gasteiger partial charge in [-0.05, 0) is 56.9 Å². The molecule has 0 spiro atoms. The molecule has 25 heavy (non-hydrogen) atoms. The van der Waals surface area contributed by atoms with E-state index in [1.54, 1.807) is 12.1 Å². The second-order valence-electron chi connectivity index (χ2n) is 6.99. The quantitative estimate of drug-likeness (QED) is 0.905.